The lowest BCUT2D eigenvalue weighted by Gasteiger charge is -2.05. The van der Waals surface area contributed by atoms with E-state index in [1.807, 2.05) is 0 Å². The fraction of sp³-hybridized carbons (Fsp3) is 0.600. The van der Waals surface area contributed by atoms with E-state index in [-0.39, 0.29) is 0 Å². The average molecular weight is 204 g/mol. The van der Waals surface area contributed by atoms with E-state index >= 15 is 0 Å². The van der Waals surface area contributed by atoms with Crippen LogP contribution in [0.4, 0.5) is 0 Å². The van der Waals surface area contributed by atoms with Crippen LogP contribution in [0.1, 0.15) is 59.3 Å². The first-order chi connectivity index (χ1) is 7.18. The van der Waals surface area contributed by atoms with Crippen molar-refractivity contribution in [3.63, 3.8) is 0 Å². The molecular formula is C15H24. The third-order valence-corrected chi connectivity index (χ3v) is 3.10. The Morgan fingerprint density at radius 2 is 1.00 bits per heavy atom. The van der Waals surface area contributed by atoms with Crippen LogP contribution in [0.5, 0.6) is 0 Å². The van der Waals surface area contributed by atoms with Gasteiger partial charge in [-0.2, -0.15) is 0 Å². The smallest absolute Gasteiger partial charge is 0.0286 e. The van der Waals surface area contributed by atoms with E-state index in [1.54, 1.807) is 16.7 Å². The first-order valence-electron chi connectivity index (χ1n) is 6.15. The Hall–Kier alpha value is -0.780. The molecule has 0 aromatic carbocycles. The molecule has 0 amide bonds. The van der Waals surface area contributed by atoms with Crippen LogP contribution in [-0.2, 0) is 0 Å². The molecule has 15 heavy (non-hydrogen) atoms. The molecule has 1 rings (SSSR count). The van der Waals surface area contributed by atoms with Crippen LogP contribution in [0.3, 0.4) is 0 Å². The van der Waals surface area contributed by atoms with E-state index in [9.17, 15) is 0 Å². The summed E-state index contributed by atoms with van der Waals surface area (Å²) in [6.45, 7) is 6.78. The molecule has 1 aliphatic carbocycles. The molecule has 0 fully saturated rings. The van der Waals surface area contributed by atoms with Crippen molar-refractivity contribution in [3.8, 4) is 0 Å². The molecule has 0 N–H and O–H groups in total. The minimum atomic E-state index is 1.21. The Morgan fingerprint density at radius 3 is 1.53 bits per heavy atom. The second-order valence-electron chi connectivity index (χ2n) is 4.77. The van der Waals surface area contributed by atoms with Crippen molar-refractivity contribution in [3.05, 3.63) is 34.9 Å². The third-order valence-electron chi connectivity index (χ3n) is 3.10. The maximum absolute atomic E-state index is 2.41. The van der Waals surface area contributed by atoms with Gasteiger partial charge in [-0.3, -0.25) is 0 Å². The van der Waals surface area contributed by atoms with Crippen molar-refractivity contribution < 1.29 is 0 Å². The number of hydrogen-bond acceptors (Lipinski definition) is 0. The van der Waals surface area contributed by atoms with Gasteiger partial charge in [0.25, 0.3) is 0 Å². The Kier molecular flexibility index (Phi) is 5.45. The molecule has 0 nitrogen and oxygen atoms in total. The lowest BCUT2D eigenvalue weighted by Crippen LogP contribution is -1.85. The lowest BCUT2D eigenvalue weighted by atomic mass is 10.0. The zero-order valence-corrected chi connectivity index (χ0v) is 10.5. The summed E-state index contributed by atoms with van der Waals surface area (Å²) in [5.74, 6) is 0. The van der Waals surface area contributed by atoms with Gasteiger partial charge in [-0.1, -0.05) is 34.9 Å². The van der Waals surface area contributed by atoms with Crippen molar-refractivity contribution in [2.45, 2.75) is 59.3 Å². The predicted molar refractivity (Wildman–Crippen MR) is 69.0 cm³/mol. The van der Waals surface area contributed by atoms with Gasteiger partial charge < -0.3 is 0 Å². The van der Waals surface area contributed by atoms with Crippen molar-refractivity contribution in [2.75, 3.05) is 0 Å². The van der Waals surface area contributed by atoms with Gasteiger partial charge in [0.15, 0.2) is 0 Å². The van der Waals surface area contributed by atoms with Gasteiger partial charge in [-0.05, 0) is 59.3 Å². The molecule has 0 spiro atoms. The molecule has 0 atom stereocenters. The molecule has 84 valence electrons. The summed E-state index contributed by atoms with van der Waals surface area (Å²) in [5.41, 5.74) is 4.65. The summed E-state index contributed by atoms with van der Waals surface area (Å²) in [5, 5.41) is 0. The summed E-state index contributed by atoms with van der Waals surface area (Å²) >= 11 is 0. The van der Waals surface area contributed by atoms with Crippen molar-refractivity contribution in [1.82, 2.24) is 0 Å². The standard InChI is InChI=1S/C15H24/c1-13-7-4-5-8-14(2)11-12-15(3)10-6-9-13/h7-8,10H,4-6,9,11-12H2,1-3H3/b13-7+,14-8+,15-10?. The van der Waals surface area contributed by atoms with Crippen LogP contribution < -0.4 is 0 Å². The third kappa shape index (κ3) is 5.61. The predicted octanol–water partition coefficient (Wildman–Crippen LogP) is 5.18. The molecule has 0 aromatic heterocycles. The Balaban J connectivity index is 2.62. The first-order valence-corrected chi connectivity index (χ1v) is 6.15. The molecule has 1 aliphatic rings. The monoisotopic (exact) mass is 204 g/mol. The highest BCUT2D eigenvalue weighted by Gasteiger charge is 1.96. The Morgan fingerprint density at radius 1 is 0.600 bits per heavy atom. The fourth-order valence-corrected chi connectivity index (χ4v) is 1.91. The summed E-state index contributed by atoms with van der Waals surface area (Å²) in [7, 11) is 0. The highest BCUT2D eigenvalue weighted by molar-refractivity contribution is 5.09. The average Bonchev–Trinajstić information content (AvgIpc) is 2.20. The molecule has 0 unspecified atom stereocenters. The summed E-state index contributed by atoms with van der Waals surface area (Å²) in [4.78, 5) is 0. The molecule has 0 saturated carbocycles. The molecule has 0 heterocycles. The van der Waals surface area contributed by atoms with Crippen molar-refractivity contribution >= 4 is 0 Å². The second-order valence-corrected chi connectivity index (χ2v) is 4.77. The van der Waals surface area contributed by atoms with Crippen LogP contribution >= 0.6 is 0 Å². The quantitative estimate of drug-likeness (QED) is 0.477. The van der Waals surface area contributed by atoms with Gasteiger partial charge in [-0.15, -0.1) is 0 Å². The maximum atomic E-state index is 2.41. The van der Waals surface area contributed by atoms with Crippen molar-refractivity contribution in [1.29, 1.82) is 0 Å². The zero-order valence-electron chi connectivity index (χ0n) is 10.5. The Labute approximate surface area is 94.8 Å². The summed E-state index contributed by atoms with van der Waals surface area (Å²) in [6.07, 6.45) is 14.6. The molecule has 0 saturated heterocycles. The summed E-state index contributed by atoms with van der Waals surface area (Å²) < 4.78 is 0. The molecule has 0 bridgehead atoms. The first kappa shape index (κ1) is 12.3. The second kappa shape index (κ2) is 6.66. The lowest BCUT2D eigenvalue weighted by molar-refractivity contribution is 0.868. The minimum Gasteiger partial charge on any atom is -0.0853 e. The normalized spacial score (nSPS) is 27.5. The number of rotatable bonds is 0. The van der Waals surface area contributed by atoms with E-state index in [4.69, 9.17) is 0 Å². The Bertz CT molecular complexity index is 276. The fourth-order valence-electron chi connectivity index (χ4n) is 1.91. The zero-order chi connectivity index (χ0) is 11.1. The highest BCUT2D eigenvalue weighted by atomic mass is 14.0. The van der Waals surface area contributed by atoms with Crippen molar-refractivity contribution in [2.24, 2.45) is 0 Å². The van der Waals surface area contributed by atoms with E-state index in [0.717, 1.165) is 0 Å². The number of hydrogen-bond donors (Lipinski definition) is 0. The largest absolute Gasteiger partial charge is 0.0853 e. The molecule has 0 radical (unpaired) electrons. The molecule has 0 aromatic rings. The van der Waals surface area contributed by atoms with Gasteiger partial charge in [0, 0.05) is 0 Å². The van der Waals surface area contributed by atoms with Gasteiger partial charge in [0.1, 0.15) is 0 Å². The number of allylic oxidation sites excluding steroid dienone is 6. The topological polar surface area (TPSA) is 0 Å². The van der Waals surface area contributed by atoms with E-state index in [2.05, 4.69) is 39.0 Å². The minimum absolute atomic E-state index is 1.21. The van der Waals surface area contributed by atoms with Crippen LogP contribution in [0.25, 0.3) is 0 Å². The van der Waals surface area contributed by atoms with Gasteiger partial charge in [0.2, 0.25) is 0 Å². The molecular weight excluding hydrogens is 180 g/mol. The maximum Gasteiger partial charge on any atom is -0.0286 e. The SMILES string of the molecule is CC1=CCC/C(C)=C/CC/C=C(\C)CC1. The summed E-state index contributed by atoms with van der Waals surface area (Å²) in [6, 6.07) is 0. The van der Waals surface area contributed by atoms with E-state index in [0.29, 0.717) is 0 Å². The van der Waals surface area contributed by atoms with E-state index in [1.165, 1.54) is 38.5 Å². The highest BCUT2D eigenvalue weighted by Crippen LogP contribution is 2.16. The van der Waals surface area contributed by atoms with Crippen LogP contribution in [0.2, 0.25) is 0 Å². The van der Waals surface area contributed by atoms with Crippen LogP contribution in [0.15, 0.2) is 34.9 Å². The molecule has 0 heteroatoms. The van der Waals surface area contributed by atoms with E-state index < -0.39 is 0 Å². The van der Waals surface area contributed by atoms with Crippen LogP contribution in [-0.4, -0.2) is 0 Å². The van der Waals surface area contributed by atoms with Gasteiger partial charge >= 0.3 is 0 Å². The van der Waals surface area contributed by atoms with Crippen LogP contribution in [0, 0.1) is 0 Å². The molecule has 0 aliphatic heterocycles. The van der Waals surface area contributed by atoms with Gasteiger partial charge in [0.05, 0.1) is 0 Å². The van der Waals surface area contributed by atoms with Gasteiger partial charge in [-0.25, -0.2) is 0 Å².